The van der Waals surface area contributed by atoms with Gasteiger partial charge < -0.3 is 22.4 Å². The van der Waals surface area contributed by atoms with Crippen LogP contribution in [0.15, 0.2) is 0 Å². The van der Waals surface area contributed by atoms with E-state index in [9.17, 15) is 0 Å². The summed E-state index contributed by atoms with van der Waals surface area (Å²) in [6, 6.07) is 0. The highest BCUT2D eigenvalue weighted by Gasteiger charge is 2.52. The summed E-state index contributed by atoms with van der Waals surface area (Å²) in [5.41, 5.74) is 0. The van der Waals surface area contributed by atoms with Crippen molar-refractivity contribution >= 4 is 33.3 Å². The van der Waals surface area contributed by atoms with E-state index in [-0.39, 0.29) is 30.7 Å². The van der Waals surface area contributed by atoms with Gasteiger partial charge in [-0.1, -0.05) is 0 Å². The van der Waals surface area contributed by atoms with Gasteiger partial charge in [-0.3, -0.25) is 0 Å². The fraction of sp³-hybridized carbons (Fsp3) is 1.00. The quantitative estimate of drug-likeness (QED) is 0.447. The monoisotopic (exact) mass is 452 g/mol. The molecule has 1 saturated heterocycles. The van der Waals surface area contributed by atoms with E-state index in [1.807, 2.05) is 0 Å². The molecule has 1 aliphatic heterocycles. The molecule has 5 nitrogen and oxygen atoms in total. The Bertz CT molecular complexity index is 476. The highest BCUT2D eigenvalue weighted by molar-refractivity contribution is 6.71. The topological polar surface area (TPSA) is 46.2 Å². The lowest BCUT2D eigenvalue weighted by molar-refractivity contribution is -0.128. The summed E-state index contributed by atoms with van der Waals surface area (Å²) < 4.78 is 32.5. The van der Waals surface area contributed by atoms with E-state index < -0.39 is 33.3 Å². The Kier molecular flexibility index (Phi) is 8.38. The molecule has 0 aromatic carbocycles. The molecule has 5 atom stereocenters. The van der Waals surface area contributed by atoms with Gasteiger partial charge in [0.1, 0.15) is 18.3 Å². The van der Waals surface area contributed by atoms with E-state index in [1.165, 1.54) is 0 Å². The molecule has 0 bridgehead atoms. The van der Waals surface area contributed by atoms with Gasteiger partial charge in [0.05, 0.1) is 6.10 Å². The molecule has 1 fully saturated rings. The summed E-state index contributed by atoms with van der Waals surface area (Å²) in [5, 5.41) is 0. The van der Waals surface area contributed by atoms with E-state index in [2.05, 4.69) is 85.5 Å². The summed E-state index contributed by atoms with van der Waals surface area (Å²) in [7, 11) is -7.12. The second kappa shape index (κ2) is 8.81. The Labute approximate surface area is 172 Å². The standard InChI is InChI=1S/C18H44O5Si4/c1-14(20-24(2,3)4)15-16(21-25(5,6)7)17(22-26(8,9)10)18(19-15)23-27(11,12)13/h14-18H,1-13H3/t14-,15-,16+,17+,18+/m0/s1. The lowest BCUT2D eigenvalue weighted by atomic mass is 10.1. The average Bonchev–Trinajstić information content (AvgIpc) is 2.60. The fourth-order valence-electron chi connectivity index (χ4n) is 3.17. The van der Waals surface area contributed by atoms with Crippen molar-refractivity contribution in [3.8, 4) is 0 Å². The summed E-state index contributed by atoms with van der Waals surface area (Å²) >= 11 is 0. The number of hydrogen-bond acceptors (Lipinski definition) is 5. The third-order valence-corrected chi connectivity index (χ3v) is 7.64. The summed E-state index contributed by atoms with van der Waals surface area (Å²) in [5.74, 6) is 0. The Morgan fingerprint density at radius 1 is 0.593 bits per heavy atom. The zero-order valence-corrected chi connectivity index (χ0v) is 23.9. The van der Waals surface area contributed by atoms with Crippen LogP contribution < -0.4 is 0 Å². The third-order valence-electron chi connectivity index (χ3n) is 3.66. The van der Waals surface area contributed by atoms with Gasteiger partial charge in [-0.05, 0) is 85.5 Å². The van der Waals surface area contributed by atoms with Crippen LogP contribution in [0.2, 0.25) is 78.6 Å². The van der Waals surface area contributed by atoms with E-state index in [0.29, 0.717) is 0 Å². The predicted molar refractivity (Wildman–Crippen MR) is 123 cm³/mol. The Hall–Kier alpha value is 0.668. The fourth-order valence-corrected chi connectivity index (χ4v) is 7.45. The normalized spacial score (nSPS) is 29.2. The molecule has 0 radical (unpaired) electrons. The molecule has 1 aliphatic rings. The molecule has 1 rings (SSSR count). The zero-order valence-electron chi connectivity index (χ0n) is 19.9. The van der Waals surface area contributed by atoms with Gasteiger partial charge in [0.15, 0.2) is 39.6 Å². The van der Waals surface area contributed by atoms with E-state index >= 15 is 0 Å². The predicted octanol–water partition coefficient (Wildman–Crippen LogP) is 5.24. The van der Waals surface area contributed by atoms with Gasteiger partial charge in [0.25, 0.3) is 0 Å². The Balaban J connectivity index is 3.22. The Morgan fingerprint density at radius 3 is 1.37 bits per heavy atom. The van der Waals surface area contributed by atoms with Crippen molar-refractivity contribution in [3.63, 3.8) is 0 Å². The maximum Gasteiger partial charge on any atom is 0.187 e. The number of hydrogen-bond donors (Lipinski definition) is 0. The van der Waals surface area contributed by atoms with Gasteiger partial charge in [0, 0.05) is 0 Å². The van der Waals surface area contributed by atoms with E-state index in [4.69, 9.17) is 22.4 Å². The van der Waals surface area contributed by atoms with Crippen molar-refractivity contribution in [1.82, 2.24) is 0 Å². The van der Waals surface area contributed by atoms with E-state index in [1.54, 1.807) is 0 Å². The molecule has 9 heteroatoms. The maximum atomic E-state index is 6.63. The van der Waals surface area contributed by atoms with Crippen molar-refractivity contribution in [2.75, 3.05) is 0 Å². The smallest absolute Gasteiger partial charge is 0.187 e. The molecule has 0 N–H and O–H groups in total. The first-order chi connectivity index (χ1) is 11.8. The highest BCUT2D eigenvalue weighted by atomic mass is 28.4. The molecule has 162 valence electrons. The summed E-state index contributed by atoms with van der Waals surface area (Å²) in [4.78, 5) is 0. The minimum Gasteiger partial charge on any atom is -0.412 e. The van der Waals surface area contributed by atoms with Crippen molar-refractivity contribution < 1.29 is 22.4 Å². The van der Waals surface area contributed by atoms with Gasteiger partial charge in [-0.25, -0.2) is 0 Å². The molecule has 0 amide bonds. The first-order valence-electron chi connectivity index (χ1n) is 10.1. The number of rotatable bonds is 9. The first kappa shape index (κ1) is 25.7. The SMILES string of the molecule is C[C@H](O[Si](C)(C)C)[C@@H]1O[C@H](O[Si](C)(C)C)[C@H](O[Si](C)(C)C)[C@@H]1O[Si](C)(C)C. The van der Waals surface area contributed by atoms with Crippen molar-refractivity contribution in [2.24, 2.45) is 0 Å². The molecule has 0 aromatic heterocycles. The lowest BCUT2D eigenvalue weighted by Crippen LogP contribution is -2.52. The van der Waals surface area contributed by atoms with Crippen LogP contribution in [0.1, 0.15) is 6.92 Å². The van der Waals surface area contributed by atoms with Crippen LogP contribution in [0.5, 0.6) is 0 Å². The minimum atomic E-state index is -1.81. The molecule has 1 heterocycles. The largest absolute Gasteiger partial charge is 0.412 e. The van der Waals surface area contributed by atoms with E-state index in [0.717, 1.165) is 0 Å². The summed E-state index contributed by atoms with van der Waals surface area (Å²) in [6.45, 7) is 28.6. The molecule has 0 spiro atoms. The van der Waals surface area contributed by atoms with Crippen LogP contribution in [0.25, 0.3) is 0 Å². The molecule has 0 unspecified atom stereocenters. The van der Waals surface area contributed by atoms with Crippen LogP contribution in [0, 0.1) is 0 Å². The zero-order chi connectivity index (χ0) is 21.4. The molecule has 0 aliphatic carbocycles. The second-order valence-corrected chi connectivity index (χ2v) is 29.4. The maximum absolute atomic E-state index is 6.63. The van der Waals surface area contributed by atoms with Gasteiger partial charge in [-0.15, -0.1) is 0 Å². The van der Waals surface area contributed by atoms with Crippen LogP contribution in [0.3, 0.4) is 0 Å². The van der Waals surface area contributed by atoms with Crippen molar-refractivity contribution in [2.45, 2.75) is 116 Å². The Morgan fingerprint density at radius 2 is 1.00 bits per heavy atom. The number of ether oxygens (including phenoxy) is 1. The van der Waals surface area contributed by atoms with Gasteiger partial charge in [0.2, 0.25) is 0 Å². The van der Waals surface area contributed by atoms with Crippen molar-refractivity contribution in [1.29, 1.82) is 0 Å². The second-order valence-electron chi connectivity index (χ2n) is 11.5. The molecule has 0 saturated carbocycles. The average molecular weight is 453 g/mol. The minimum absolute atomic E-state index is 0.0546. The first-order valence-corrected chi connectivity index (χ1v) is 23.8. The van der Waals surface area contributed by atoms with Gasteiger partial charge >= 0.3 is 0 Å². The molecular weight excluding hydrogens is 409 g/mol. The molecule has 27 heavy (non-hydrogen) atoms. The van der Waals surface area contributed by atoms with Crippen LogP contribution in [0.4, 0.5) is 0 Å². The highest BCUT2D eigenvalue weighted by Crippen LogP contribution is 2.35. The molecular formula is C18H44O5Si4. The van der Waals surface area contributed by atoms with Crippen LogP contribution >= 0.6 is 0 Å². The van der Waals surface area contributed by atoms with Crippen LogP contribution in [-0.4, -0.2) is 64.0 Å². The van der Waals surface area contributed by atoms with Gasteiger partial charge in [-0.2, -0.15) is 0 Å². The van der Waals surface area contributed by atoms with Crippen molar-refractivity contribution in [3.05, 3.63) is 0 Å². The van der Waals surface area contributed by atoms with Crippen LogP contribution in [-0.2, 0) is 22.4 Å². The molecule has 0 aromatic rings. The lowest BCUT2D eigenvalue weighted by Gasteiger charge is -2.36. The third kappa shape index (κ3) is 9.81. The summed E-state index contributed by atoms with van der Waals surface area (Å²) in [6.07, 6.45) is -0.974.